The summed E-state index contributed by atoms with van der Waals surface area (Å²) in [5, 5.41) is 21.7. The molecule has 1 aliphatic carbocycles. The predicted octanol–water partition coefficient (Wildman–Crippen LogP) is 2.64. The fourth-order valence-corrected chi connectivity index (χ4v) is 5.28. The maximum atomic E-state index is 13.0. The van der Waals surface area contributed by atoms with Gasteiger partial charge in [0.15, 0.2) is 17.2 Å². The number of hydrogen-bond acceptors (Lipinski definition) is 9. The van der Waals surface area contributed by atoms with E-state index < -0.39 is 50.1 Å². The van der Waals surface area contributed by atoms with Gasteiger partial charge in [-0.05, 0) is 25.0 Å². The van der Waals surface area contributed by atoms with Crippen molar-refractivity contribution < 1.29 is 27.0 Å². The molecule has 3 aromatic rings. The van der Waals surface area contributed by atoms with Crippen LogP contribution in [0.15, 0.2) is 38.9 Å². The Kier molecular flexibility index (Phi) is 7.20. The number of pyridine rings is 1. The monoisotopic (exact) mass is 574 g/mol. The van der Waals surface area contributed by atoms with Crippen LogP contribution in [0.5, 0.6) is 17.4 Å². The highest BCUT2D eigenvalue weighted by molar-refractivity contribution is 7.89. The highest BCUT2D eigenvalue weighted by Crippen LogP contribution is 2.39. The molecule has 0 saturated heterocycles. The van der Waals surface area contributed by atoms with Crippen LogP contribution in [0.4, 0.5) is 8.78 Å². The van der Waals surface area contributed by atoms with Gasteiger partial charge in [0.2, 0.25) is 15.9 Å². The largest absolute Gasteiger partial charge is 0.505 e. The number of nitrogens with zero attached hydrogens (tertiary/aromatic N) is 4. The van der Waals surface area contributed by atoms with Crippen LogP contribution in [0.25, 0.3) is 5.69 Å². The highest BCUT2D eigenvalue weighted by Gasteiger charge is 2.34. The fraction of sp³-hybridized carbons (Fsp3) is 0.250. The number of aromatic nitrogens is 4. The Labute approximate surface area is 216 Å². The zero-order valence-electron chi connectivity index (χ0n) is 18.2. The van der Waals surface area contributed by atoms with Crippen molar-refractivity contribution in [2.75, 3.05) is 0 Å². The first kappa shape index (κ1) is 26.5. The molecule has 0 amide bonds. The van der Waals surface area contributed by atoms with E-state index in [1.54, 1.807) is 4.98 Å². The molecule has 4 rings (SSSR count). The Hall–Kier alpha value is -3.58. The molecule has 17 heteroatoms. The molecule has 2 aromatic heterocycles. The van der Waals surface area contributed by atoms with E-state index in [1.165, 1.54) is 0 Å². The zero-order valence-corrected chi connectivity index (χ0v) is 20.5. The number of aromatic hydroxyl groups is 1. The van der Waals surface area contributed by atoms with Gasteiger partial charge in [0.05, 0.1) is 28.0 Å². The fourth-order valence-electron chi connectivity index (χ4n) is 3.39. The molecular weight excluding hydrogens is 561 g/mol. The molecule has 3 N–H and O–H groups in total. The van der Waals surface area contributed by atoms with Crippen LogP contribution in [0.3, 0.4) is 0 Å². The SMILES string of the molecule is N#C[C@H]1C[C@H](NS(=O)(=O)c2cc(Oc3c(Cl)cc(-n4nc(C(F)F)c(=O)[nH]c4=O)cc3Cl)ncc2O)C1. The van der Waals surface area contributed by atoms with E-state index in [2.05, 4.69) is 14.8 Å². The second-order valence-electron chi connectivity index (χ2n) is 7.80. The first-order chi connectivity index (χ1) is 17.4. The summed E-state index contributed by atoms with van der Waals surface area (Å²) in [6, 6.07) is 4.63. The summed E-state index contributed by atoms with van der Waals surface area (Å²) in [5.41, 5.74) is -3.87. The number of H-pyrrole nitrogens is 1. The van der Waals surface area contributed by atoms with Gasteiger partial charge in [0, 0.05) is 18.0 Å². The van der Waals surface area contributed by atoms with E-state index in [9.17, 15) is 31.9 Å². The van der Waals surface area contributed by atoms with E-state index >= 15 is 0 Å². The maximum Gasteiger partial charge on any atom is 0.349 e. The van der Waals surface area contributed by atoms with Gasteiger partial charge < -0.3 is 9.84 Å². The Morgan fingerprint density at radius 3 is 2.49 bits per heavy atom. The van der Waals surface area contributed by atoms with Crippen molar-refractivity contribution in [1.82, 2.24) is 24.5 Å². The highest BCUT2D eigenvalue weighted by atomic mass is 35.5. The Morgan fingerprint density at radius 2 is 1.89 bits per heavy atom. The van der Waals surface area contributed by atoms with E-state index in [4.69, 9.17) is 33.2 Å². The standard InChI is InChI=1S/C20H14Cl2F2N6O6S/c21-11-3-10(30-20(33)27-19(32)16(28-30)18(23)24)4-12(22)17(11)36-15-5-14(13(31)7-26-15)37(34,35)29-9-1-8(2-9)6-25/h3-5,7-9,18,29,31H,1-2H2,(H,27,32,33)/t8-,9-. The van der Waals surface area contributed by atoms with Crippen molar-refractivity contribution in [3.63, 3.8) is 0 Å². The topological polar surface area (TPSA) is 180 Å². The molecule has 0 atom stereocenters. The average Bonchev–Trinajstić information content (AvgIpc) is 2.79. The molecule has 194 valence electrons. The normalized spacial score (nSPS) is 17.3. The molecule has 0 aliphatic heterocycles. The van der Waals surface area contributed by atoms with Gasteiger partial charge in [-0.15, -0.1) is 0 Å². The molecule has 0 bridgehead atoms. The predicted molar refractivity (Wildman–Crippen MR) is 124 cm³/mol. The molecule has 37 heavy (non-hydrogen) atoms. The van der Waals surface area contributed by atoms with E-state index in [1.807, 2.05) is 6.07 Å². The van der Waals surface area contributed by atoms with Crippen LogP contribution in [-0.4, -0.2) is 39.3 Å². The number of nitriles is 1. The molecule has 1 aromatic carbocycles. The minimum absolute atomic E-state index is 0.187. The van der Waals surface area contributed by atoms with Crippen molar-refractivity contribution >= 4 is 33.2 Å². The summed E-state index contributed by atoms with van der Waals surface area (Å²) in [6.07, 6.45) is -1.78. The summed E-state index contributed by atoms with van der Waals surface area (Å²) < 4.78 is 59.8. The van der Waals surface area contributed by atoms with Gasteiger partial charge in [-0.3, -0.25) is 9.78 Å². The van der Waals surface area contributed by atoms with E-state index in [0.717, 1.165) is 24.4 Å². The maximum absolute atomic E-state index is 13.0. The lowest BCUT2D eigenvalue weighted by molar-refractivity contribution is 0.141. The Morgan fingerprint density at radius 1 is 1.24 bits per heavy atom. The smallest absolute Gasteiger partial charge is 0.349 e. The van der Waals surface area contributed by atoms with Gasteiger partial charge in [-0.25, -0.2) is 31.7 Å². The number of sulfonamides is 1. The lowest BCUT2D eigenvalue weighted by atomic mass is 9.82. The van der Waals surface area contributed by atoms with Crippen LogP contribution in [0.1, 0.15) is 25.0 Å². The third kappa shape index (κ3) is 5.42. The minimum atomic E-state index is -4.21. The Bertz CT molecular complexity index is 1630. The van der Waals surface area contributed by atoms with E-state index in [0.29, 0.717) is 17.5 Å². The number of benzene rings is 1. The Balaban J connectivity index is 1.64. The molecule has 0 unspecified atom stereocenters. The molecule has 0 radical (unpaired) electrons. The van der Waals surface area contributed by atoms with Crippen molar-refractivity contribution in [1.29, 1.82) is 5.26 Å². The molecule has 0 spiro atoms. The lowest BCUT2D eigenvalue weighted by Gasteiger charge is -2.30. The summed E-state index contributed by atoms with van der Waals surface area (Å²) in [7, 11) is -4.21. The summed E-state index contributed by atoms with van der Waals surface area (Å²) in [5.74, 6) is -1.50. The van der Waals surface area contributed by atoms with Crippen LogP contribution < -0.4 is 20.7 Å². The third-order valence-corrected chi connectivity index (χ3v) is 7.36. The molecule has 1 saturated carbocycles. The first-order valence-electron chi connectivity index (χ1n) is 10.2. The number of hydrogen-bond donors (Lipinski definition) is 3. The van der Waals surface area contributed by atoms with Gasteiger partial charge in [0.25, 0.3) is 12.0 Å². The summed E-state index contributed by atoms with van der Waals surface area (Å²) in [4.78, 5) is 28.6. The van der Waals surface area contributed by atoms with E-state index in [-0.39, 0.29) is 33.3 Å². The number of rotatable bonds is 7. The van der Waals surface area contributed by atoms with Crippen molar-refractivity contribution in [3.05, 3.63) is 61.0 Å². The lowest BCUT2D eigenvalue weighted by Crippen LogP contribution is -2.43. The summed E-state index contributed by atoms with van der Waals surface area (Å²) >= 11 is 12.4. The van der Waals surface area contributed by atoms with Crippen LogP contribution in [-0.2, 0) is 10.0 Å². The minimum Gasteiger partial charge on any atom is -0.505 e. The van der Waals surface area contributed by atoms with Crippen LogP contribution >= 0.6 is 23.2 Å². The van der Waals surface area contributed by atoms with Gasteiger partial charge in [-0.1, -0.05) is 23.2 Å². The second kappa shape index (κ2) is 10.1. The van der Waals surface area contributed by atoms with Crippen molar-refractivity contribution in [2.45, 2.75) is 30.2 Å². The van der Waals surface area contributed by atoms with Crippen LogP contribution in [0.2, 0.25) is 10.0 Å². The van der Waals surface area contributed by atoms with Crippen LogP contribution in [0, 0.1) is 17.2 Å². The molecular formula is C20H14Cl2F2N6O6S. The molecule has 1 fully saturated rings. The van der Waals surface area contributed by atoms with Gasteiger partial charge >= 0.3 is 5.69 Å². The van der Waals surface area contributed by atoms with Gasteiger partial charge in [0.1, 0.15) is 4.90 Å². The molecule has 2 heterocycles. The molecule has 12 nitrogen and oxygen atoms in total. The number of ether oxygens (including phenoxy) is 1. The number of halogens is 4. The molecule has 1 aliphatic rings. The van der Waals surface area contributed by atoms with Crippen molar-refractivity contribution in [2.24, 2.45) is 5.92 Å². The number of alkyl halides is 2. The number of nitrogens with one attached hydrogen (secondary N) is 2. The number of aromatic amines is 1. The quantitative estimate of drug-likeness (QED) is 0.382. The first-order valence-corrected chi connectivity index (χ1v) is 12.4. The van der Waals surface area contributed by atoms with Crippen molar-refractivity contribution in [3.8, 4) is 29.1 Å². The third-order valence-electron chi connectivity index (χ3n) is 5.25. The zero-order chi connectivity index (χ0) is 27.1. The summed E-state index contributed by atoms with van der Waals surface area (Å²) in [6.45, 7) is 0. The average molecular weight is 575 g/mol. The second-order valence-corrected chi connectivity index (χ2v) is 10.3. The van der Waals surface area contributed by atoms with Gasteiger partial charge in [-0.2, -0.15) is 15.0 Å².